The molecule has 0 aromatic carbocycles. The normalized spacial score (nSPS) is 13.4. The lowest BCUT2D eigenvalue weighted by molar-refractivity contribution is 1.25. The van der Waals surface area contributed by atoms with E-state index in [1.54, 1.807) is 0 Å². The summed E-state index contributed by atoms with van der Waals surface area (Å²) in [4.78, 5) is 0. The molecule has 0 unspecified atom stereocenters. The molecule has 0 aromatic heterocycles. The molecule has 11 heavy (non-hydrogen) atoms. The Balaban J connectivity index is 3.93. The van der Waals surface area contributed by atoms with Crippen molar-refractivity contribution in [1.82, 2.24) is 0 Å². The standard InChI is InChI=1S/C9H15NS/c1-5-6-8(2)7-9(3)10-11-4/h5-6H,1,7H2,2-4H3/b8-6-,10-9-. The van der Waals surface area contributed by atoms with E-state index in [4.69, 9.17) is 0 Å². The molecule has 0 fully saturated rings. The van der Waals surface area contributed by atoms with Crippen LogP contribution in [0.25, 0.3) is 0 Å². The van der Waals surface area contributed by atoms with Crippen LogP contribution in [0.4, 0.5) is 0 Å². The van der Waals surface area contributed by atoms with Crippen LogP contribution >= 0.6 is 11.9 Å². The summed E-state index contributed by atoms with van der Waals surface area (Å²) < 4.78 is 4.20. The van der Waals surface area contributed by atoms with Crippen molar-refractivity contribution in [2.45, 2.75) is 20.3 Å². The summed E-state index contributed by atoms with van der Waals surface area (Å²) in [6.45, 7) is 7.76. The third-order valence-electron chi connectivity index (χ3n) is 1.18. The quantitative estimate of drug-likeness (QED) is 0.357. The van der Waals surface area contributed by atoms with Crippen molar-refractivity contribution in [2.75, 3.05) is 6.26 Å². The van der Waals surface area contributed by atoms with Crippen LogP contribution in [-0.2, 0) is 0 Å². The van der Waals surface area contributed by atoms with Crippen LogP contribution in [0.1, 0.15) is 20.3 Å². The fourth-order valence-corrected chi connectivity index (χ4v) is 1.23. The third kappa shape index (κ3) is 5.92. The summed E-state index contributed by atoms with van der Waals surface area (Å²) in [5.74, 6) is 0. The van der Waals surface area contributed by atoms with Gasteiger partial charge in [0.05, 0.1) is 0 Å². The monoisotopic (exact) mass is 169 g/mol. The number of allylic oxidation sites excluding steroid dienone is 3. The Hall–Kier alpha value is -0.500. The lowest BCUT2D eigenvalue weighted by Gasteiger charge is -1.97. The van der Waals surface area contributed by atoms with Gasteiger partial charge in [0.25, 0.3) is 0 Å². The Labute approximate surface area is 73.4 Å². The zero-order valence-corrected chi connectivity index (χ0v) is 8.24. The van der Waals surface area contributed by atoms with E-state index in [-0.39, 0.29) is 0 Å². The summed E-state index contributed by atoms with van der Waals surface area (Å²) in [6, 6.07) is 0. The summed E-state index contributed by atoms with van der Waals surface area (Å²) in [7, 11) is 0. The molecule has 0 heterocycles. The fourth-order valence-electron chi connectivity index (χ4n) is 0.852. The van der Waals surface area contributed by atoms with Gasteiger partial charge in [-0.15, -0.1) is 0 Å². The van der Waals surface area contributed by atoms with E-state index in [0.717, 1.165) is 12.1 Å². The van der Waals surface area contributed by atoms with Gasteiger partial charge in [-0.25, -0.2) is 4.40 Å². The van der Waals surface area contributed by atoms with Gasteiger partial charge in [-0.3, -0.25) is 0 Å². The van der Waals surface area contributed by atoms with Gasteiger partial charge in [0.15, 0.2) is 0 Å². The minimum absolute atomic E-state index is 0.951. The van der Waals surface area contributed by atoms with E-state index in [9.17, 15) is 0 Å². The molecule has 0 aliphatic carbocycles. The molecule has 0 N–H and O–H groups in total. The molecule has 0 saturated heterocycles. The summed E-state index contributed by atoms with van der Waals surface area (Å²) in [5, 5.41) is 0. The van der Waals surface area contributed by atoms with E-state index in [0.29, 0.717) is 0 Å². The van der Waals surface area contributed by atoms with E-state index >= 15 is 0 Å². The van der Waals surface area contributed by atoms with Crippen LogP contribution in [0, 0.1) is 0 Å². The molecule has 0 aliphatic rings. The van der Waals surface area contributed by atoms with Gasteiger partial charge in [-0.05, 0) is 25.8 Å². The maximum Gasteiger partial charge on any atom is 0.0271 e. The molecule has 0 radical (unpaired) electrons. The molecule has 2 heteroatoms. The van der Waals surface area contributed by atoms with Crippen molar-refractivity contribution in [3.05, 3.63) is 24.3 Å². The zero-order chi connectivity index (χ0) is 8.69. The Morgan fingerprint density at radius 1 is 1.55 bits per heavy atom. The van der Waals surface area contributed by atoms with Gasteiger partial charge < -0.3 is 0 Å². The zero-order valence-electron chi connectivity index (χ0n) is 7.42. The summed E-state index contributed by atoms with van der Waals surface area (Å²) in [5.41, 5.74) is 2.46. The number of hydrogen-bond donors (Lipinski definition) is 0. The molecule has 0 bridgehead atoms. The predicted molar refractivity (Wildman–Crippen MR) is 55.2 cm³/mol. The molecule has 0 saturated carbocycles. The van der Waals surface area contributed by atoms with Gasteiger partial charge in [0.2, 0.25) is 0 Å². The van der Waals surface area contributed by atoms with Crippen molar-refractivity contribution in [2.24, 2.45) is 4.40 Å². The van der Waals surface area contributed by atoms with Crippen LogP contribution in [0.3, 0.4) is 0 Å². The van der Waals surface area contributed by atoms with E-state index in [1.165, 1.54) is 17.5 Å². The highest BCUT2D eigenvalue weighted by Gasteiger charge is 1.91. The minimum atomic E-state index is 0.951. The lowest BCUT2D eigenvalue weighted by Crippen LogP contribution is -1.90. The van der Waals surface area contributed by atoms with Crippen LogP contribution in [0.15, 0.2) is 28.7 Å². The first kappa shape index (κ1) is 10.5. The van der Waals surface area contributed by atoms with Gasteiger partial charge in [-0.1, -0.05) is 24.3 Å². The summed E-state index contributed by atoms with van der Waals surface area (Å²) >= 11 is 1.50. The van der Waals surface area contributed by atoms with Crippen molar-refractivity contribution >= 4 is 17.7 Å². The molecule has 0 spiro atoms. The maximum absolute atomic E-state index is 4.20. The molecule has 62 valence electrons. The van der Waals surface area contributed by atoms with E-state index in [2.05, 4.69) is 17.9 Å². The highest BCUT2D eigenvalue weighted by molar-refractivity contribution is 7.97. The predicted octanol–water partition coefficient (Wildman–Crippen LogP) is 3.25. The smallest absolute Gasteiger partial charge is 0.0271 e. The van der Waals surface area contributed by atoms with Crippen LogP contribution < -0.4 is 0 Å². The van der Waals surface area contributed by atoms with E-state index in [1.807, 2.05) is 25.3 Å². The SMILES string of the molecule is C=C/C=C(/C)C/C(C)=N\SC. The first-order valence-electron chi connectivity index (χ1n) is 3.55. The Morgan fingerprint density at radius 2 is 2.18 bits per heavy atom. The maximum atomic E-state index is 4.20. The molecule has 0 aliphatic heterocycles. The molecule has 0 atom stereocenters. The Kier molecular flexibility index (Phi) is 5.94. The number of hydrogen-bond acceptors (Lipinski definition) is 2. The second-order valence-electron chi connectivity index (χ2n) is 2.43. The summed E-state index contributed by atoms with van der Waals surface area (Å²) in [6.07, 6.45) is 6.74. The second-order valence-corrected chi connectivity index (χ2v) is 2.98. The first-order valence-corrected chi connectivity index (χ1v) is 4.73. The van der Waals surface area contributed by atoms with E-state index < -0.39 is 0 Å². The fraction of sp³-hybridized carbons (Fsp3) is 0.444. The second kappa shape index (κ2) is 6.23. The van der Waals surface area contributed by atoms with Crippen molar-refractivity contribution in [3.8, 4) is 0 Å². The van der Waals surface area contributed by atoms with Gasteiger partial charge in [0, 0.05) is 18.4 Å². The highest BCUT2D eigenvalue weighted by atomic mass is 32.2. The third-order valence-corrected chi connectivity index (χ3v) is 1.68. The molecular weight excluding hydrogens is 154 g/mol. The molecule has 1 nitrogen and oxygen atoms in total. The van der Waals surface area contributed by atoms with Crippen LogP contribution in [-0.4, -0.2) is 12.0 Å². The highest BCUT2D eigenvalue weighted by Crippen LogP contribution is 2.05. The average molecular weight is 169 g/mol. The van der Waals surface area contributed by atoms with Crippen LogP contribution in [0.5, 0.6) is 0 Å². The van der Waals surface area contributed by atoms with Crippen molar-refractivity contribution in [1.29, 1.82) is 0 Å². The van der Waals surface area contributed by atoms with Gasteiger partial charge >= 0.3 is 0 Å². The first-order chi connectivity index (χ1) is 5.20. The Morgan fingerprint density at radius 3 is 2.64 bits per heavy atom. The topological polar surface area (TPSA) is 12.4 Å². The molecule has 0 aromatic rings. The number of rotatable bonds is 4. The molecular formula is C9H15NS. The average Bonchev–Trinajstić information content (AvgIpc) is 1.87. The Bertz CT molecular complexity index is 180. The molecule has 0 rings (SSSR count). The largest absolute Gasteiger partial charge is 0.226 e. The molecule has 0 amide bonds. The van der Waals surface area contributed by atoms with Crippen molar-refractivity contribution < 1.29 is 0 Å². The van der Waals surface area contributed by atoms with Gasteiger partial charge in [-0.2, -0.15) is 0 Å². The minimum Gasteiger partial charge on any atom is -0.226 e. The van der Waals surface area contributed by atoms with Crippen LogP contribution in [0.2, 0.25) is 0 Å². The van der Waals surface area contributed by atoms with Gasteiger partial charge in [0.1, 0.15) is 0 Å². The lowest BCUT2D eigenvalue weighted by atomic mass is 10.1. The van der Waals surface area contributed by atoms with Crippen molar-refractivity contribution in [3.63, 3.8) is 0 Å². The number of nitrogens with zero attached hydrogens (tertiary/aromatic N) is 1.